The fourth-order valence-corrected chi connectivity index (χ4v) is 1.36. The van der Waals surface area contributed by atoms with E-state index in [1.807, 2.05) is 0 Å². The van der Waals surface area contributed by atoms with Crippen LogP contribution in [0.1, 0.15) is 0 Å². The number of aromatic hydroxyl groups is 1. The summed E-state index contributed by atoms with van der Waals surface area (Å²) < 4.78 is 26.9. The van der Waals surface area contributed by atoms with E-state index >= 15 is 0 Å². The summed E-state index contributed by atoms with van der Waals surface area (Å²) in [7, 11) is 0. The average molecular weight is 243 g/mol. The van der Waals surface area contributed by atoms with Crippen LogP contribution < -0.4 is 0 Å². The van der Waals surface area contributed by atoms with Crippen molar-refractivity contribution < 1.29 is 13.9 Å². The van der Waals surface area contributed by atoms with Crippen LogP contribution in [0.4, 0.5) is 8.78 Å². The zero-order valence-corrected chi connectivity index (χ0v) is 8.54. The SMILES string of the molecule is Oc1ccnc(-c2c(F)ccc(Cl)c2F)n1. The first kappa shape index (κ1) is 10.8. The molecule has 0 spiro atoms. The molecule has 1 aromatic heterocycles. The molecule has 0 amide bonds. The Balaban J connectivity index is 2.68. The van der Waals surface area contributed by atoms with Gasteiger partial charge in [-0.2, -0.15) is 4.98 Å². The van der Waals surface area contributed by atoms with Crippen molar-refractivity contribution in [2.75, 3.05) is 0 Å². The zero-order chi connectivity index (χ0) is 11.7. The van der Waals surface area contributed by atoms with Gasteiger partial charge in [0.25, 0.3) is 0 Å². The van der Waals surface area contributed by atoms with Crippen LogP contribution in [0.2, 0.25) is 5.02 Å². The molecule has 0 fully saturated rings. The van der Waals surface area contributed by atoms with E-state index in [1.165, 1.54) is 12.3 Å². The molecule has 0 aliphatic carbocycles. The Hall–Kier alpha value is -1.75. The molecule has 0 aliphatic rings. The van der Waals surface area contributed by atoms with Gasteiger partial charge >= 0.3 is 0 Å². The number of aromatic nitrogens is 2. The maximum absolute atomic E-state index is 13.5. The second-order valence-corrected chi connectivity index (χ2v) is 3.36. The fraction of sp³-hybridized carbons (Fsp3) is 0. The highest BCUT2D eigenvalue weighted by molar-refractivity contribution is 6.31. The van der Waals surface area contributed by atoms with Gasteiger partial charge < -0.3 is 5.11 Å². The standard InChI is InChI=1S/C10H5ClF2N2O/c11-5-1-2-6(12)8(9(5)13)10-14-4-3-7(16)15-10/h1-4H,(H,14,15,16). The first-order valence-corrected chi connectivity index (χ1v) is 4.63. The number of rotatable bonds is 1. The van der Waals surface area contributed by atoms with Crippen molar-refractivity contribution >= 4 is 11.6 Å². The van der Waals surface area contributed by atoms with E-state index in [4.69, 9.17) is 16.7 Å². The third-order valence-electron chi connectivity index (χ3n) is 1.91. The molecule has 0 saturated heterocycles. The van der Waals surface area contributed by atoms with Crippen molar-refractivity contribution in [2.24, 2.45) is 0 Å². The molecule has 1 heterocycles. The molecule has 0 aliphatic heterocycles. The van der Waals surface area contributed by atoms with Crippen LogP contribution in [0.5, 0.6) is 5.88 Å². The number of hydrogen-bond acceptors (Lipinski definition) is 3. The first-order chi connectivity index (χ1) is 7.59. The summed E-state index contributed by atoms with van der Waals surface area (Å²) in [6.45, 7) is 0. The van der Waals surface area contributed by atoms with Crippen molar-refractivity contribution in [3.05, 3.63) is 41.1 Å². The number of benzene rings is 1. The molecule has 0 unspecified atom stereocenters. The van der Waals surface area contributed by atoms with E-state index < -0.39 is 17.2 Å². The van der Waals surface area contributed by atoms with E-state index in [-0.39, 0.29) is 16.7 Å². The minimum atomic E-state index is -0.952. The molecule has 1 aromatic carbocycles. The van der Waals surface area contributed by atoms with Gasteiger partial charge in [0.05, 0.1) is 10.6 Å². The number of halogens is 3. The van der Waals surface area contributed by atoms with E-state index in [0.717, 1.165) is 12.1 Å². The van der Waals surface area contributed by atoms with Crippen LogP contribution in [0, 0.1) is 11.6 Å². The Morgan fingerprint density at radius 1 is 1.19 bits per heavy atom. The lowest BCUT2D eigenvalue weighted by atomic mass is 10.2. The number of nitrogens with zero attached hydrogens (tertiary/aromatic N) is 2. The van der Waals surface area contributed by atoms with Gasteiger partial charge in [-0.3, -0.25) is 0 Å². The van der Waals surface area contributed by atoms with Gasteiger partial charge in [0.15, 0.2) is 11.6 Å². The number of hydrogen-bond donors (Lipinski definition) is 1. The molecule has 0 bridgehead atoms. The van der Waals surface area contributed by atoms with Crippen LogP contribution in [-0.2, 0) is 0 Å². The Labute approximate surface area is 94.4 Å². The molecule has 82 valence electrons. The minimum absolute atomic E-state index is 0.233. The topological polar surface area (TPSA) is 46.0 Å². The molecule has 16 heavy (non-hydrogen) atoms. The third kappa shape index (κ3) is 1.81. The molecule has 2 aromatic rings. The van der Waals surface area contributed by atoms with Gasteiger partial charge in [-0.1, -0.05) is 11.6 Å². The Bertz CT molecular complexity index is 548. The summed E-state index contributed by atoms with van der Waals surface area (Å²) in [6, 6.07) is 3.30. The van der Waals surface area contributed by atoms with Gasteiger partial charge in [0, 0.05) is 12.3 Å². The van der Waals surface area contributed by atoms with Gasteiger partial charge in [0.2, 0.25) is 5.88 Å². The monoisotopic (exact) mass is 242 g/mol. The lowest BCUT2D eigenvalue weighted by molar-refractivity contribution is 0.452. The maximum Gasteiger partial charge on any atom is 0.214 e. The lowest BCUT2D eigenvalue weighted by Gasteiger charge is -2.04. The lowest BCUT2D eigenvalue weighted by Crippen LogP contribution is -1.96. The van der Waals surface area contributed by atoms with Crippen LogP contribution >= 0.6 is 11.6 Å². The van der Waals surface area contributed by atoms with E-state index in [1.54, 1.807) is 0 Å². The second kappa shape index (κ2) is 4.02. The maximum atomic E-state index is 13.5. The summed E-state index contributed by atoms with van der Waals surface area (Å²) in [5.41, 5.74) is -0.455. The normalized spacial score (nSPS) is 10.4. The molecule has 0 radical (unpaired) electrons. The molecule has 0 saturated carbocycles. The van der Waals surface area contributed by atoms with Gasteiger partial charge in [-0.25, -0.2) is 13.8 Å². The quantitative estimate of drug-likeness (QED) is 0.782. The third-order valence-corrected chi connectivity index (χ3v) is 2.20. The van der Waals surface area contributed by atoms with E-state index in [9.17, 15) is 8.78 Å². The molecule has 0 atom stereocenters. The Morgan fingerprint density at radius 3 is 2.62 bits per heavy atom. The highest BCUT2D eigenvalue weighted by Gasteiger charge is 2.17. The summed E-state index contributed by atoms with van der Waals surface area (Å²) in [4.78, 5) is 7.17. The molecular formula is C10H5ClF2N2O. The van der Waals surface area contributed by atoms with Crippen molar-refractivity contribution in [3.63, 3.8) is 0 Å². The van der Waals surface area contributed by atoms with Crippen molar-refractivity contribution in [1.82, 2.24) is 9.97 Å². The molecular weight excluding hydrogens is 238 g/mol. The van der Waals surface area contributed by atoms with Crippen LogP contribution in [0.25, 0.3) is 11.4 Å². The van der Waals surface area contributed by atoms with Crippen LogP contribution in [0.3, 0.4) is 0 Å². The summed E-state index contributed by atoms with van der Waals surface area (Å²) in [5, 5.41) is 8.86. The average Bonchev–Trinajstić information content (AvgIpc) is 2.24. The highest BCUT2D eigenvalue weighted by Crippen LogP contribution is 2.28. The highest BCUT2D eigenvalue weighted by atomic mass is 35.5. The Morgan fingerprint density at radius 2 is 1.94 bits per heavy atom. The van der Waals surface area contributed by atoms with Crippen LogP contribution in [-0.4, -0.2) is 15.1 Å². The van der Waals surface area contributed by atoms with Crippen molar-refractivity contribution in [3.8, 4) is 17.3 Å². The van der Waals surface area contributed by atoms with Crippen molar-refractivity contribution in [1.29, 1.82) is 0 Å². The molecule has 1 N–H and O–H groups in total. The fourth-order valence-electron chi connectivity index (χ4n) is 1.20. The van der Waals surface area contributed by atoms with E-state index in [0.29, 0.717) is 0 Å². The largest absolute Gasteiger partial charge is 0.493 e. The molecule has 3 nitrogen and oxygen atoms in total. The zero-order valence-electron chi connectivity index (χ0n) is 7.78. The van der Waals surface area contributed by atoms with Crippen LogP contribution in [0.15, 0.2) is 24.4 Å². The predicted molar refractivity (Wildman–Crippen MR) is 54.1 cm³/mol. The van der Waals surface area contributed by atoms with Crippen molar-refractivity contribution in [2.45, 2.75) is 0 Å². The molecule has 2 rings (SSSR count). The second-order valence-electron chi connectivity index (χ2n) is 2.96. The smallest absolute Gasteiger partial charge is 0.214 e. The van der Waals surface area contributed by atoms with Gasteiger partial charge in [-0.05, 0) is 12.1 Å². The molecule has 6 heteroatoms. The first-order valence-electron chi connectivity index (χ1n) is 4.25. The Kier molecular flexibility index (Phi) is 2.70. The van der Waals surface area contributed by atoms with Gasteiger partial charge in [-0.15, -0.1) is 0 Å². The van der Waals surface area contributed by atoms with Gasteiger partial charge in [0.1, 0.15) is 5.82 Å². The summed E-state index contributed by atoms with van der Waals surface area (Å²) >= 11 is 5.52. The summed E-state index contributed by atoms with van der Waals surface area (Å²) in [5.74, 6) is -2.42. The summed E-state index contributed by atoms with van der Waals surface area (Å²) in [6.07, 6.45) is 1.19. The van der Waals surface area contributed by atoms with E-state index in [2.05, 4.69) is 9.97 Å². The minimum Gasteiger partial charge on any atom is -0.493 e. The predicted octanol–water partition coefficient (Wildman–Crippen LogP) is 2.78.